The SMILES string of the molecule is O=C(Cc1csc(-c2cccc(F)c2)n1)N1CCCC[C@H]1CO. The van der Waals surface area contributed by atoms with Crippen LogP contribution in [0.4, 0.5) is 4.39 Å². The molecule has 6 heteroatoms. The lowest BCUT2D eigenvalue weighted by molar-refractivity contribution is -0.135. The number of benzene rings is 1. The highest BCUT2D eigenvalue weighted by Crippen LogP contribution is 2.25. The highest BCUT2D eigenvalue weighted by Gasteiger charge is 2.26. The number of hydrogen-bond acceptors (Lipinski definition) is 4. The van der Waals surface area contributed by atoms with Crippen molar-refractivity contribution in [2.45, 2.75) is 31.7 Å². The molecule has 2 heterocycles. The Hall–Kier alpha value is -1.79. The standard InChI is InChI=1S/C17H19FN2O2S/c18-13-5-3-4-12(8-13)17-19-14(11-23-17)9-16(22)20-7-2-1-6-15(20)10-21/h3-5,8,11,15,21H,1-2,6-7,9-10H2/t15-/m0/s1. The molecule has 0 bridgehead atoms. The maximum absolute atomic E-state index is 13.3. The minimum absolute atomic E-state index is 0.000146. The van der Waals surface area contributed by atoms with Gasteiger partial charge in [0.05, 0.1) is 24.8 Å². The molecule has 0 unspecified atom stereocenters. The van der Waals surface area contributed by atoms with Crippen LogP contribution in [0.2, 0.25) is 0 Å². The Morgan fingerprint density at radius 1 is 1.43 bits per heavy atom. The molecular formula is C17H19FN2O2S. The van der Waals surface area contributed by atoms with E-state index < -0.39 is 0 Å². The maximum atomic E-state index is 13.3. The molecule has 23 heavy (non-hydrogen) atoms. The van der Waals surface area contributed by atoms with E-state index in [0.717, 1.165) is 24.8 Å². The first-order valence-electron chi connectivity index (χ1n) is 7.78. The third kappa shape index (κ3) is 3.76. The lowest BCUT2D eigenvalue weighted by atomic mass is 10.0. The Morgan fingerprint density at radius 2 is 2.30 bits per heavy atom. The van der Waals surface area contributed by atoms with E-state index in [-0.39, 0.29) is 30.8 Å². The topological polar surface area (TPSA) is 53.4 Å². The van der Waals surface area contributed by atoms with Crippen LogP contribution in [0.15, 0.2) is 29.6 Å². The normalized spacial score (nSPS) is 18.2. The zero-order valence-corrected chi connectivity index (χ0v) is 13.6. The van der Waals surface area contributed by atoms with Crippen LogP contribution in [-0.2, 0) is 11.2 Å². The van der Waals surface area contributed by atoms with E-state index in [0.29, 0.717) is 17.2 Å². The number of piperidine rings is 1. The molecule has 1 fully saturated rings. The zero-order chi connectivity index (χ0) is 16.2. The summed E-state index contributed by atoms with van der Waals surface area (Å²) in [5.41, 5.74) is 1.42. The predicted octanol–water partition coefficient (Wildman–Crippen LogP) is 2.87. The second-order valence-electron chi connectivity index (χ2n) is 5.75. The minimum atomic E-state index is -0.297. The van der Waals surface area contributed by atoms with Gasteiger partial charge in [0.2, 0.25) is 5.91 Å². The molecule has 1 aromatic heterocycles. The molecule has 1 saturated heterocycles. The van der Waals surface area contributed by atoms with Crippen molar-refractivity contribution in [3.63, 3.8) is 0 Å². The molecule has 0 aliphatic carbocycles. The number of carbonyl (C=O) groups is 1. The molecule has 1 amide bonds. The summed E-state index contributed by atoms with van der Waals surface area (Å²) >= 11 is 1.41. The van der Waals surface area contributed by atoms with E-state index in [9.17, 15) is 14.3 Å². The summed E-state index contributed by atoms with van der Waals surface area (Å²) in [6.45, 7) is 0.711. The Morgan fingerprint density at radius 3 is 3.09 bits per heavy atom. The van der Waals surface area contributed by atoms with Gasteiger partial charge in [0.25, 0.3) is 0 Å². The first kappa shape index (κ1) is 16.1. The summed E-state index contributed by atoms with van der Waals surface area (Å²) in [6, 6.07) is 6.22. The van der Waals surface area contributed by atoms with Crippen molar-refractivity contribution in [3.8, 4) is 10.6 Å². The average Bonchev–Trinajstić information content (AvgIpc) is 3.03. The molecule has 0 radical (unpaired) electrons. The second kappa shape index (κ2) is 7.19. The highest BCUT2D eigenvalue weighted by molar-refractivity contribution is 7.13. The molecule has 0 spiro atoms. The van der Waals surface area contributed by atoms with Gasteiger partial charge in [0.15, 0.2) is 0 Å². The van der Waals surface area contributed by atoms with Gasteiger partial charge >= 0.3 is 0 Å². The summed E-state index contributed by atoms with van der Waals surface area (Å²) < 4.78 is 13.3. The number of likely N-dealkylation sites (tertiary alicyclic amines) is 1. The number of aromatic nitrogens is 1. The molecule has 3 rings (SSSR count). The Balaban J connectivity index is 1.70. The number of carbonyl (C=O) groups excluding carboxylic acids is 1. The van der Waals surface area contributed by atoms with Crippen LogP contribution >= 0.6 is 11.3 Å². The molecule has 1 atom stereocenters. The number of halogens is 1. The van der Waals surface area contributed by atoms with E-state index in [1.807, 2.05) is 5.38 Å². The molecular weight excluding hydrogens is 315 g/mol. The molecule has 1 aliphatic heterocycles. The lowest BCUT2D eigenvalue weighted by Gasteiger charge is -2.34. The summed E-state index contributed by atoms with van der Waals surface area (Å²) in [5, 5.41) is 12.0. The number of thiazole rings is 1. The zero-order valence-electron chi connectivity index (χ0n) is 12.7. The van der Waals surface area contributed by atoms with E-state index in [2.05, 4.69) is 4.98 Å². The fourth-order valence-corrected chi connectivity index (χ4v) is 3.73. The van der Waals surface area contributed by atoms with Gasteiger partial charge in [0, 0.05) is 17.5 Å². The highest BCUT2D eigenvalue weighted by atomic mass is 32.1. The largest absolute Gasteiger partial charge is 0.394 e. The quantitative estimate of drug-likeness (QED) is 0.935. The monoisotopic (exact) mass is 334 g/mol. The van der Waals surface area contributed by atoms with Crippen LogP contribution in [0.3, 0.4) is 0 Å². The second-order valence-corrected chi connectivity index (χ2v) is 6.61. The number of hydrogen-bond donors (Lipinski definition) is 1. The van der Waals surface area contributed by atoms with Gasteiger partial charge in [-0.1, -0.05) is 12.1 Å². The average molecular weight is 334 g/mol. The Bertz CT molecular complexity index is 689. The molecule has 1 aliphatic rings. The predicted molar refractivity (Wildman–Crippen MR) is 87.6 cm³/mol. The number of nitrogens with zero attached hydrogens (tertiary/aromatic N) is 2. The van der Waals surface area contributed by atoms with Crippen molar-refractivity contribution in [2.75, 3.05) is 13.2 Å². The van der Waals surface area contributed by atoms with Crippen molar-refractivity contribution in [2.24, 2.45) is 0 Å². The maximum Gasteiger partial charge on any atom is 0.228 e. The van der Waals surface area contributed by atoms with Crippen LogP contribution in [-0.4, -0.2) is 40.1 Å². The van der Waals surface area contributed by atoms with E-state index >= 15 is 0 Å². The first-order valence-corrected chi connectivity index (χ1v) is 8.66. The first-order chi connectivity index (χ1) is 11.2. The number of rotatable bonds is 4. The summed E-state index contributed by atoms with van der Waals surface area (Å²) in [6.07, 6.45) is 3.11. The van der Waals surface area contributed by atoms with Crippen LogP contribution in [0.5, 0.6) is 0 Å². The molecule has 0 saturated carbocycles. The van der Waals surface area contributed by atoms with Crippen LogP contribution < -0.4 is 0 Å². The van der Waals surface area contributed by atoms with Gasteiger partial charge in [0.1, 0.15) is 10.8 Å². The summed E-state index contributed by atoms with van der Waals surface area (Å²) in [5.74, 6) is -0.297. The number of aliphatic hydroxyl groups excluding tert-OH is 1. The van der Waals surface area contributed by atoms with Crippen LogP contribution in [0.1, 0.15) is 25.0 Å². The fraction of sp³-hybridized carbons (Fsp3) is 0.412. The van der Waals surface area contributed by atoms with Crippen molar-refractivity contribution in [3.05, 3.63) is 41.2 Å². The van der Waals surface area contributed by atoms with Crippen molar-refractivity contribution in [1.29, 1.82) is 0 Å². The summed E-state index contributed by atoms with van der Waals surface area (Å²) in [4.78, 5) is 18.7. The third-order valence-electron chi connectivity index (χ3n) is 4.11. The minimum Gasteiger partial charge on any atom is -0.394 e. The van der Waals surface area contributed by atoms with Gasteiger partial charge in [-0.3, -0.25) is 4.79 Å². The Kier molecular flexibility index (Phi) is 5.03. The smallest absolute Gasteiger partial charge is 0.228 e. The molecule has 4 nitrogen and oxygen atoms in total. The van der Waals surface area contributed by atoms with E-state index in [1.165, 1.54) is 23.5 Å². The van der Waals surface area contributed by atoms with Crippen molar-refractivity contribution < 1.29 is 14.3 Å². The van der Waals surface area contributed by atoms with Crippen LogP contribution in [0, 0.1) is 5.82 Å². The third-order valence-corrected chi connectivity index (χ3v) is 5.05. The fourth-order valence-electron chi connectivity index (χ4n) is 2.92. The van der Waals surface area contributed by atoms with Gasteiger partial charge in [-0.05, 0) is 31.4 Å². The molecule has 1 aromatic carbocycles. The van der Waals surface area contributed by atoms with Gasteiger partial charge in [-0.15, -0.1) is 11.3 Å². The molecule has 2 aromatic rings. The van der Waals surface area contributed by atoms with E-state index in [4.69, 9.17) is 0 Å². The molecule has 1 N–H and O–H groups in total. The molecule has 122 valence electrons. The van der Waals surface area contributed by atoms with Gasteiger partial charge in [-0.2, -0.15) is 0 Å². The van der Waals surface area contributed by atoms with Gasteiger partial charge < -0.3 is 10.0 Å². The number of amides is 1. The van der Waals surface area contributed by atoms with Gasteiger partial charge in [-0.25, -0.2) is 9.37 Å². The lowest BCUT2D eigenvalue weighted by Crippen LogP contribution is -2.46. The van der Waals surface area contributed by atoms with Crippen molar-refractivity contribution in [1.82, 2.24) is 9.88 Å². The van der Waals surface area contributed by atoms with Crippen LogP contribution in [0.25, 0.3) is 10.6 Å². The summed E-state index contributed by atoms with van der Waals surface area (Å²) in [7, 11) is 0. The number of aliphatic hydroxyl groups is 1. The Labute approximate surface area is 138 Å². The van der Waals surface area contributed by atoms with E-state index in [1.54, 1.807) is 17.0 Å². The van der Waals surface area contributed by atoms with Crippen molar-refractivity contribution >= 4 is 17.2 Å².